The number of carboxylic acids is 1. The quantitative estimate of drug-likeness (QED) is 0.0670. The third-order valence-corrected chi connectivity index (χ3v) is 20.7. The molecule has 3 unspecified atom stereocenters. The van der Waals surface area contributed by atoms with E-state index in [1.807, 2.05) is 19.9 Å². The monoisotopic (exact) mass is 1600 g/mol. The van der Waals surface area contributed by atoms with Gasteiger partial charge >= 0.3 is 12.1 Å². The molecular weight excluding hydrogens is 1510 g/mol. The third kappa shape index (κ3) is 18.3. The lowest BCUT2D eigenvalue weighted by atomic mass is 9.85. The van der Waals surface area contributed by atoms with E-state index in [1.54, 1.807) is 6.08 Å². The zero-order valence-corrected chi connectivity index (χ0v) is 62.3. The van der Waals surface area contributed by atoms with Crippen LogP contribution >= 0.6 is 23.2 Å². The van der Waals surface area contributed by atoms with Gasteiger partial charge in [0, 0.05) is 29.2 Å². The van der Waals surface area contributed by atoms with Crippen molar-refractivity contribution in [2.45, 2.75) is 194 Å². The second kappa shape index (κ2) is 34.9. The molecule has 8 aliphatic rings. The molecule has 1 aliphatic carbocycles. The summed E-state index contributed by atoms with van der Waals surface area (Å²) in [6.45, 7) is 5.56. The molecule has 19 atom stereocenters. The molecule has 112 heavy (non-hydrogen) atoms. The number of fused-ring (bicyclic) bond motifs is 15. The Kier molecular flexibility index (Phi) is 25.8. The summed E-state index contributed by atoms with van der Waals surface area (Å²) >= 11 is 14.2. The van der Waals surface area contributed by atoms with Crippen molar-refractivity contribution in [1.29, 1.82) is 0 Å². The van der Waals surface area contributed by atoms with E-state index in [0.29, 0.717) is 6.42 Å². The highest BCUT2D eigenvalue weighted by molar-refractivity contribution is 6.32. The molecule has 11 bridgehead atoms. The van der Waals surface area contributed by atoms with Crippen molar-refractivity contribution in [1.82, 2.24) is 42.5 Å². The number of carboxylic acid groups (broad SMARTS) is 1. The molecule has 20 N–H and O–H groups in total. The summed E-state index contributed by atoms with van der Waals surface area (Å²) in [6, 6.07) is -0.928. The minimum Gasteiger partial charge on any atom is -0.508 e. The zero-order valence-electron chi connectivity index (χ0n) is 60.8. The van der Waals surface area contributed by atoms with E-state index in [1.165, 1.54) is 33.0 Å². The number of primary amides is 1. The summed E-state index contributed by atoms with van der Waals surface area (Å²) in [5.41, 5.74) is 1.21. The summed E-state index contributed by atoms with van der Waals surface area (Å²) < 4.78 is 44.8. The number of alkyl carbamates (subject to hydrolysis) is 1. The predicted octanol–water partition coefficient (Wildman–Crippen LogP) is 2.76. The van der Waals surface area contributed by atoms with E-state index in [9.17, 15) is 79.8 Å². The second-order valence-corrected chi connectivity index (χ2v) is 29.6. The number of nitrogens with two attached hydrogens (primary N) is 1. The lowest BCUT2D eigenvalue weighted by molar-refractivity contribution is -0.334. The van der Waals surface area contributed by atoms with Crippen LogP contribution in [0.5, 0.6) is 46.0 Å². The SMILES string of the molecule is CN[C@H](CC(C)C)C(=O)N[C@H]1C(=O)N[C@@H](CC(N)=O)C(=O)NC2C(=O)N[C@H]3C(=O)N[C@H](C(=O)N[C@H](C(=O)O)c4cc(O)cc(O)c4-c4cc3ccc4O)C(O)c3ccc(c(Cl)c3)Oc3cc2cc(c3O[C@@H]2O[C@H](CO)[C@@H](O)[C@H](O)[C@H]2OC2C[C@](C)(NC(=O)O[C@@H]3/C=C/CCCCC3)[C@H](O)[C@H](C)O2)Oc2ccc(cc2Cl)[C@H]1O. The maximum Gasteiger partial charge on any atom is 0.408 e. The number of carbonyl (C=O) groups excluding carboxylic acids is 8. The van der Waals surface area contributed by atoms with E-state index in [0.717, 1.165) is 92.4 Å². The van der Waals surface area contributed by atoms with Crippen LogP contribution in [0.4, 0.5) is 4.79 Å². The number of aromatic hydroxyl groups is 3. The molecular formula is C75H87Cl2N9O26. The van der Waals surface area contributed by atoms with Crippen molar-refractivity contribution >= 4 is 76.6 Å². The van der Waals surface area contributed by atoms with Crippen LogP contribution in [0.15, 0.2) is 91.0 Å². The maximum absolute atomic E-state index is 16.2. The Labute approximate surface area is 649 Å². The first-order valence-corrected chi connectivity index (χ1v) is 36.7. The third-order valence-electron chi connectivity index (χ3n) is 20.1. The number of hydrogen-bond acceptors (Lipinski definition) is 26. The fourth-order valence-electron chi connectivity index (χ4n) is 14.2. The van der Waals surface area contributed by atoms with Crippen molar-refractivity contribution in [2.75, 3.05) is 13.7 Å². The Hall–Kier alpha value is -10.1. The van der Waals surface area contributed by atoms with Gasteiger partial charge in [0.1, 0.15) is 102 Å². The Morgan fingerprint density at radius 1 is 0.714 bits per heavy atom. The van der Waals surface area contributed by atoms with Gasteiger partial charge < -0.3 is 132 Å². The number of phenols is 3. The largest absolute Gasteiger partial charge is 0.508 e. The van der Waals surface area contributed by atoms with Crippen LogP contribution in [0.2, 0.25) is 10.0 Å². The van der Waals surface area contributed by atoms with Gasteiger partial charge in [0.2, 0.25) is 53.4 Å². The highest BCUT2D eigenvalue weighted by atomic mass is 35.5. The van der Waals surface area contributed by atoms with Crippen molar-refractivity contribution in [3.63, 3.8) is 0 Å². The van der Waals surface area contributed by atoms with Crippen molar-refractivity contribution in [3.8, 4) is 57.1 Å². The predicted molar refractivity (Wildman–Crippen MR) is 391 cm³/mol. The van der Waals surface area contributed by atoms with Gasteiger partial charge in [-0.1, -0.05) is 67.7 Å². The normalized spacial score (nSPS) is 29.4. The summed E-state index contributed by atoms with van der Waals surface area (Å²) in [7, 11) is 1.47. The van der Waals surface area contributed by atoms with Crippen LogP contribution in [-0.4, -0.2) is 203 Å². The van der Waals surface area contributed by atoms with Gasteiger partial charge in [0.05, 0.1) is 40.8 Å². The standard InChI is InChI=1S/C75H87Cl2N9O26/c1-30(2)19-42(79-5)66(97)84-57-59(92)33-14-17-46(40(76)21-33)108-48-23-35-24-49(63(48)112-73-64(62(95)61(94)50(29-87)110-73)111-52-28-75(4,65(96)31(3)106-52)86-74(105)107-37-11-9-7-6-8-10-12-37)109-47-18-15-34(22-41(47)77)60(93)58-71(102)83-56(72(103)104)39-25-36(88)26-45(90)53(39)38-20-32(13-16-44(38)89)54(68(99)85-58)82-69(100)55(35)81-67(98)43(27-51(78)91)80-70(57)101/h9,11,13-18,20-26,30-31,37,42-43,50,52,54-62,64-65,73,79,87-90,92-96H,6-8,10,12,19,27-29H2,1-5H3,(H2,78,91)(H,80,101)(H,81,98)(H,82,100)(H,83,102)(H,84,97)(H,85,99)(H,86,105)(H,103,104)/b11-9+/t31-,37+,42+,43-,50+,52?,54+,55?,56-,57+,58-,59+,60?,61+,62-,64+,65+,73-,75-/m0/s1. The van der Waals surface area contributed by atoms with E-state index < -0.39 is 256 Å². The highest BCUT2D eigenvalue weighted by Crippen LogP contribution is 2.50. The van der Waals surface area contributed by atoms with E-state index >= 15 is 14.4 Å². The number of amides is 8. The van der Waals surface area contributed by atoms with Gasteiger partial charge in [0.25, 0.3) is 0 Å². The number of aliphatic carboxylic acids is 1. The average molecular weight is 1600 g/mol. The van der Waals surface area contributed by atoms with E-state index in [4.69, 9.17) is 62.1 Å². The van der Waals surface area contributed by atoms with Crippen molar-refractivity contribution in [3.05, 3.63) is 129 Å². The highest BCUT2D eigenvalue weighted by Gasteiger charge is 2.53. The lowest BCUT2D eigenvalue weighted by Gasteiger charge is -2.48. The lowest BCUT2D eigenvalue weighted by Crippen LogP contribution is -2.66. The van der Waals surface area contributed by atoms with Crippen LogP contribution in [0.1, 0.15) is 137 Å². The van der Waals surface area contributed by atoms with Gasteiger partial charge in [-0.3, -0.25) is 33.6 Å². The summed E-state index contributed by atoms with van der Waals surface area (Å²) in [6.07, 6.45) is -13.6. The molecule has 37 heteroatoms. The molecule has 0 spiro atoms. The molecule has 5 aromatic rings. The Balaban J connectivity index is 1.12. The van der Waals surface area contributed by atoms with Gasteiger partial charge in [-0.2, -0.15) is 0 Å². The first kappa shape index (κ1) is 82.8. The molecule has 8 amide bonds. The molecule has 0 radical (unpaired) electrons. The Bertz CT molecular complexity index is 4480. The fraction of sp³-hybridized carbons (Fsp3) is 0.453. The molecule has 0 aromatic heterocycles. The van der Waals surface area contributed by atoms with Crippen molar-refractivity contribution in [2.24, 2.45) is 11.7 Å². The van der Waals surface area contributed by atoms with Crippen LogP contribution in [0.25, 0.3) is 11.1 Å². The summed E-state index contributed by atoms with van der Waals surface area (Å²) in [4.78, 5) is 131. The molecule has 2 saturated heterocycles. The van der Waals surface area contributed by atoms with Crippen LogP contribution in [0.3, 0.4) is 0 Å². The number of rotatable bonds is 15. The first-order valence-electron chi connectivity index (χ1n) is 36.0. The Morgan fingerprint density at radius 3 is 1.99 bits per heavy atom. The maximum atomic E-state index is 16.2. The molecule has 7 aliphatic heterocycles. The number of hydrogen-bond donors (Lipinski definition) is 19. The molecule has 0 saturated carbocycles. The molecule has 5 aromatic carbocycles. The fourth-order valence-corrected chi connectivity index (χ4v) is 14.7. The van der Waals surface area contributed by atoms with Gasteiger partial charge in [-0.25, -0.2) is 9.59 Å². The molecule has 13 rings (SSSR count). The number of likely N-dealkylation sites (N-methyl/N-ethyl adjacent to an activating group) is 1. The van der Waals surface area contributed by atoms with Gasteiger partial charge in [-0.05, 0) is 142 Å². The van der Waals surface area contributed by atoms with E-state index in [2.05, 4.69) is 42.5 Å². The number of phenolic OH excluding ortho intramolecular Hbond substituents is 3. The number of aliphatic hydroxyl groups is 6. The van der Waals surface area contributed by atoms with E-state index in [-0.39, 0.29) is 39.8 Å². The molecule has 2 fully saturated rings. The summed E-state index contributed by atoms with van der Waals surface area (Å²) in [5, 5.41) is 135. The van der Waals surface area contributed by atoms with Gasteiger partial charge in [0.15, 0.2) is 29.9 Å². The number of aliphatic hydroxyl groups excluding tert-OH is 6. The average Bonchev–Trinajstić information content (AvgIpc) is 0.842. The topological polar surface area (TPSA) is 543 Å². The second-order valence-electron chi connectivity index (χ2n) is 28.8. The number of allylic oxidation sites excluding steroid dienone is 1. The number of nitrogens with one attached hydrogen (secondary N) is 8. The minimum absolute atomic E-state index is 0.112. The zero-order chi connectivity index (χ0) is 81.1. The first-order chi connectivity index (χ1) is 53.1. The summed E-state index contributed by atoms with van der Waals surface area (Å²) in [5.74, 6) is -16.3. The number of benzene rings is 5. The smallest absolute Gasteiger partial charge is 0.408 e. The molecule has 7 heterocycles. The van der Waals surface area contributed by atoms with Gasteiger partial charge in [-0.15, -0.1) is 0 Å². The van der Waals surface area contributed by atoms with Crippen LogP contribution in [-0.2, 0) is 57.3 Å². The number of ether oxygens (including phenoxy) is 7. The van der Waals surface area contributed by atoms with Crippen LogP contribution < -0.4 is 62.5 Å². The van der Waals surface area contributed by atoms with Crippen molar-refractivity contribution < 1.29 is 127 Å². The molecule has 602 valence electrons. The molecule has 35 nitrogen and oxygen atoms in total. The number of halogens is 2. The Morgan fingerprint density at radius 2 is 1.36 bits per heavy atom. The minimum atomic E-state index is -2.38. The van der Waals surface area contributed by atoms with Crippen LogP contribution in [0, 0.1) is 5.92 Å². The number of carbonyl (C=O) groups is 9.